The molecule has 0 radical (unpaired) electrons. The number of rotatable bonds is 9. The summed E-state index contributed by atoms with van der Waals surface area (Å²) in [6.07, 6.45) is 0.911. The van der Waals surface area contributed by atoms with Gasteiger partial charge in [0.05, 0.1) is 33.5 Å². The highest BCUT2D eigenvalue weighted by atomic mass is 19.4. The average molecular weight is 681 g/mol. The van der Waals surface area contributed by atoms with Crippen LogP contribution < -0.4 is 18.9 Å². The van der Waals surface area contributed by atoms with Crippen molar-refractivity contribution >= 4 is 16.8 Å². The minimum Gasteiger partial charge on any atom is -0.496 e. The molecule has 0 aromatic heterocycles. The van der Waals surface area contributed by atoms with Crippen LogP contribution in [0.5, 0.6) is 23.0 Å². The van der Waals surface area contributed by atoms with Crippen molar-refractivity contribution in [3.8, 4) is 34.1 Å². The van der Waals surface area contributed by atoms with Gasteiger partial charge < -0.3 is 23.7 Å². The summed E-state index contributed by atoms with van der Waals surface area (Å²) in [6, 6.07) is 23.9. The Morgan fingerprint density at radius 2 is 1.38 bits per heavy atom. The molecule has 50 heavy (non-hydrogen) atoms. The summed E-state index contributed by atoms with van der Waals surface area (Å²) in [5.41, 5.74) is 4.40. The molecule has 0 saturated carbocycles. The van der Waals surface area contributed by atoms with Gasteiger partial charge in [-0.1, -0.05) is 62.4 Å². The third kappa shape index (κ3) is 4.87. The van der Waals surface area contributed by atoms with Gasteiger partial charge >= 0.3 is 6.18 Å². The Morgan fingerprint density at radius 1 is 0.720 bits per heavy atom. The number of methoxy groups -OCH3 is 4. The maximum Gasteiger partial charge on any atom is 0.416 e. The second-order valence-corrected chi connectivity index (χ2v) is 12.8. The molecule has 1 aliphatic carbocycles. The Bertz CT molecular complexity index is 2150. The number of fused-ring (bicyclic) bond motifs is 8. The molecule has 1 unspecified atom stereocenters. The summed E-state index contributed by atoms with van der Waals surface area (Å²) in [4.78, 5) is 0. The third-order valence-electron chi connectivity index (χ3n) is 10.6. The molecule has 5 aromatic carbocycles. The fourth-order valence-corrected chi connectivity index (χ4v) is 8.14. The van der Waals surface area contributed by atoms with Gasteiger partial charge in [-0.05, 0) is 83.0 Å². The molecular weight excluding hydrogens is 641 g/mol. The maximum absolute atomic E-state index is 14.1. The molecule has 0 N–H and O–H groups in total. The number of hydrogen-bond donors (Lipinski definition) is 0. The molecule has 7 rings (SSSR count). The molecule has 0 spiro atoms. The van der Waals surface area contributed by atoms with E-state index in [0.29, 0.717) is 48.0 Å². The van der Waals surface area contributed by atoms with E-state index in [1.54, 1.807) is 34.5 Å². The van der Waals surface area contributed by atoms with E-state index in [-0.39, 0.29) is 0 Å². The van der Waals surface area contributed by atoms with Crippen molar-refractivity contribution in [1.82, 2.24) is 0 Å². The van der Waals surface area contributed by atoms with E-state index >= 15 is 0 Å². The Balaban J connectivity index is 1.55. The Kier molecular flexibility index (Phi) is 8.34. The SMILES string of the molecule is CCC1(CC)c2cc(C(F)(F)F)ccc2-c2c1c1c(c3ccccc23)OC(c2ccc(OC)c(COC)c2)(c2ccc(OC)c(OC)c2)C=C1. The van der Waals surface area contributed by atoms with E-state index < -0.39 is 22.8 Å². The zero-order chi connectivity index (χ0) is 35.4. The van der Waals surface area contributed by atoms with Crippen LogP contribution in [0, 0.1) is 0 Å². The minimum atomic E-state index is -4.46. The van der Waals surface area contributed by atoms with E-state index in [2.05, 4.69) is 19.9 Å². The van der Waals surface area contributed by atoms with Gasteiger partial charge in [-0.15, -0.1) is 0 Å². The molecule has 0 fully saturated rings. The molecule has 1 atom stereocenters. The lowest BCUT2D eigenvalue weighted by Crippen LogP contribution is -2.35. The molecule has 5 aromatic rings. The molecular formula is C42H39F3O5. The molecule has 0 saturated heterocycles. The van der Waals surface area contributed by atoms with Crippen LogP contribution in [0.3, 0.4) is 0 Å². The van der Waals surface area contributed by atoms with Gasteiger partial charge in [-0.2, -0.15) is 13.2 Å². The van der Waals surface area contributed by atoms with Gasteiger partial charge in [0, 0.05) is 40.2 Å². The predicted molar refractivity (Wildman–Crippen MR) is 189 cm³/mol. The first-order valence-corrected chi connectivity index (χ1v) is 16.7. The Hall–Kier alpha value is -4.95. The predicted octanol–water partition coefficient (Wildman–Crippen LogP) is 10.5. The third-order valence-corrected chi connectivity index (χ3v) is 10.6. The Labute approximate surface area is 290 Å². The molecule has 1 heterocycles. The average Bonchev–Trinajstić information content (AvgIpc) is 3.44. The van der Waals surface area contributed by atoms with Crippen molar-refractivity contribution in [2.24, 2.45) is 0 Å². The van der Waals surface area contributed by atoms with E-state index in [0.717, 1.165) is 49.7 Å². The van der Waals surface area contributed by atoms with E-state index in [9.17, 15) is 13.2 Å². The van der Waals surface area contributed by atoms with E-state index in [4.69, 9.17) is 23.7 Å². The lowest BCUT2D eigenvalue weighted by Gasteiger charge is -2.39. The number of alkyl halides is 3. The first kappa shape index (κ1) is 33.5. The number of benzene rings is 5. The van der Waals surface area contributed by atoms with Crippen LogP contribution in [-0.2, 0) is 28.5 Å². The fraction of sp³-hybridized carbons (Fsp3) is 0.286. The summed E-state index contributed by atoms with van der Waals surface area (Å²) in [5.74, 6) is 2.48. The largest absolute Gasteiger partial charge is 0.496 e. The number of ether oxygens (including phenoxy) is 5. The van der Waals surface area contributed by atoms with Gasteiger partial charge in [-0.3, -0.25) is 0 Å². The van der Waals surface area contributed by atoms with Crippen LogP contribution in [0.25, 0.3) is 28.0 Å². The first-order valence-electron chi connectivity index (χ1n) is 16.7. The van der Waals surface area contributed by atoms with Gasteiger partial charge in [0.2, 0.25) is 0 Å². The summed E-state index contributed by atoms with van der Waals surface area (Å²) in [5, 5.41) is 1.80. The van der Waals surface area contributed by atoms with Crippen molar-refractivity contribution in [2.75, 3.05) is 28.4 Å². The van der Waals surface area contributed by atoms with E-state index in [1.807, 2.05) is 66.7 Å². The van der Waals surface area contributed by atoms with Crippen LogP contribution in [-0.4, -0.2) is 28.4 Å². The minimum absolute atomic E-state index is 0.323. The smallest absolute Gasteiger partial charge is 0.416 e. The molecule has 0 bridgehead atoms. The van der Waals surface area contributed by atoms with Crippen LogP contribution >= 0.6 is 0 Å². The topological polar surface area (TPSA) is 46.2 Å². The van der Waals surface area contributed by atoms with Crippen LogP contribution in [0.4, 0.5) is 13.2 Å². The Morgan fingerprint density at radius 3 is 2.02 bits per heavy atom. The van der Waals surface area contributed by atoms with Gasteiger partial charge in [0.1, 0.15) is 11.5 Å². The number of hydrogen-bond acceptors (Lipinski definition) is 5. The molecule has 0 amide bonds. The highest BCUT2D eigenvalue weighted by Gasteiger charge is 2.48. The van der Waals surface area contributed by atoms with Crippen LogP contribution in [0.1, 0.15) is 65.6 Å². The highest BCUT2D eigenvalue weighted by Crippen LogP contribution is 2.61. The number of halogens is 3. The van der Waals surface area contributed by atoms with Gasteiger partial charge in [0.25, 0.3) is 0 Å². The molecule has 2 aliphatic rings. The lowest BCUT2D eigenvalue weighted by atomic mass is 9.70. The second kappa shape index (κ2) is 12.4. The summed E-state index contributed by atoms with van der Waals surface area (Å²) < 4.78 is 72.4. The quantitative estimate of drug-likeness (QED) is 0.155. The standard InChI is InChI=1S/C42H39F3O5/c1-7-40(8-2)33-22-28(42(43,44)45)13-16-31(33)37-29-11-9-10-12-30(29)39-32(38(37)40)19-20-41(50-39,27-15-18-35(48-5)36(23-27)49-6)26-14-17-34(47-4)25(21-26)24-46-3/h9-23H,7-8,24H2,1-6H3. The van der Waals surface area contributed by atoms with Crippen molar-refractivity contribution in [2.45, 2.75) is 50.5 Å². The van der Waals surface area contributed by atoms with Crippen molar-refractivity contribution < 1.29 is 36.9 Å². The van der Waals surface area contributed by atoms with Gasteiger partial charge in [0.15, 0.2) is 17.1 Å². The normalized spacial score (nSPS) is 17.1. The summed E-state index contributed by atoms with van der Waals surface area (Å²) in [7, 11) is 6.46. The highest BCUT2D eigenvalue weighted by molar-refractivity contribution is 6.08. The van der Waals surface area contributed by atoms with Crippen molar-refractivity contribution in [3.63, 3.8) is 0 Å². The monoisotopic (exact) mass is 680 g/mol. The van der Waals surface area contributed by atoms with E-state index in [1.165, 1.54) is 12.1 Å². The van der Waals surface area contributed by atoms with Crippen molar-refractivity contribution in [3.05, 3.63) is 124 Å². The zero-order valence-electron chi connectivity index (χ0n) is 29.0. The van der Waals surface area contributed by atoms with Crippen LogP contribution in [0.15, 0.2) is 84.9 Å². The molecule has 1 aliphatic heterocycles. The molecule has 8 heteroatoms. The fourth-order valence-electron chi connectivity index (χ4n) is 8.14. The summed E-state index contributed by atoms with van der Waals surface area (Å²) >= 11 is 0. The molecule has 258 valence electrons. The maximum atomic E-state index is 14.1. The van der Waals surface area contributed by atoms with Crippen molar-refractivity contribution in [1.29, 1.82) is 0 Å². The zero-order valence-corrected chi connectivity index (χ0v) is 29.0. The van der Waals surface area contributed by atoms with Crippen LogP contribution in [0.2, 0.25) is 0 Å². The molecule has 5 nitrogen and oxygen atoms in total. The lowest BCUT2D eigenvalue weighted by molar-refractivity contribution is -0.137. The first-order chi connectivity index (χ1) is 24.1. The van der Waals surface area contributed by atoms with Gasteiger partial charge in [-0.25, -0.2) is 0 Å². The summed E-state index contributed by atoms with van der Waals surface area (Å²) in [6.45, 7) is 4.43. The second-order valence-electron chi connectivity index (χ2n) is 12.8.